The third-order valence-electron chi connectivity index (χ3n) is 2.01. The van der Waals surface area contributed by atoms with E-state index in [2.05, 4.69) is 23.9 Å². The Morgan fingerprint density at radius 1 is 1.50 bits per heavy atom. The van der Waals surface area contributed by atoms with Crippen LogP contribution in [0.1, 0.15) is 20.3 Å². The van der Waals surface area contributed by atoms with Gasteiger partial charge in [-0.3, -0.25) is 0 Å². The summed E-state index contributed by atoms with van der Waals surface area (Å²) in [5, 5.41) is -0.830. The molecule has 0 spiro atoms. The maximum absolute atomic E-state index is 12.4. The molecule has 0 rings (SSSR count). The molecule has 0 heterocycles. The molecular formula is C10H15F3O2S. The second-order valence-electron chi connectivity index (χ2n) is 3.59. The molecule has 0 saturated heterocycles. The van der Waals surface area contributed by atoms with Gasteiger partial charge in [0.25, 0.3) is 0 Å². The van der Waals surface area contributed by atoms with Gasteiger partial charge in [0, 0.05) is 10.8 Å². The number of hydrogen-bond acceptors (Lipinski definition) is 3. The molecule has 0 aliphatic rings. The third kappa shape index (κ3) is 5.44. The maximum Gasteiger partial charge on any atom is 0.392 e. The lowest BCUT2D eigenvalue weighted by molar-refractivity contribution is -0.179. The maximum atomic E-state index is 12.4. The number of rotatable bonds is 5. The molecule has 2 nitrogen and oxygen atoms in total. The van der Waals surface area contributed by atoms with Crippen LogP contribution in [0.3, 0.4) is 0 Å². The fourth-order valence-corrected chi connectivity index (χ4v) is 1.40. The van der Waals surface area contributed by atoms with Crippen molar-refractivity contribution >= 4 is 18.6 Å². The molecule has 16 heavy (non-hydrogen) atoms. The summed E-state index contributed by atoms with van der Waals surface area (Å²) in [7, 11) is 0. The first-order chi connectivity index (χ1) is 7.16. The van der Waals surface area contributed by atoms with Crippen LogP contribution < -0.4 is 0 Å². The molecule has 0 saturated carbocycles. The van der Waals surface area contributed by atoms with Gasteiger partial charge in [0.05, 0.1) is 12.5 Å². The van der Waals surface area contributed by atoms with Crippen LogP contribution in [0, 0.1) is 5.92 Å². The van der Waals surface area contributed by atoms with E-state index in [1.807, 2.05) is 0 Å². The van der Waals surface area contributed by atoms with Gasteiger partial charge in [0.15, 0.2) is 0 Å². The monoisotopic (exact) mass is 256 g/mol. The van der Waals surface area contributed by atoms with Crippen LogP contribution in [0.2, 0.25) is 0 Å². The summed E-state index contributed by atoms with van der Waals surface area (Å²) in [6, 6.07) is 0. The summed E-state index contributed by atoms with van der Waals surface area (Å²) in [5.41, 5.74) is 0.169. The average Bonchev–Trinajstić information content (AvgIpc) is 2.08. The van der Waals surface area contributed by atoms with E-state index in [0.29, 0.717) is 0 Å². The Kier molecular flexibility index (Phi) is 5.92. The van der Waals surface area contributed by atoms with Crippen molar-refractivity contribution in [3.63, 3.8) is 0 Å². The van der Waals surface area contributed by atoms with Crippen molar-refractivity contribution < 1.29 is 22.7 Å². The van der Waals surface area contributed by atoms with Crippen LogP contribution >= 0.6 is 12.6 Å². The van der Waals surface area contributed by atoms with Crippen LogP contribution in [0.25, 0.3) is 0 Å². The summed E-state index contributed by atoms with van der Waals surface area (Å²) in [6.45, 7) is 5.85. The number of ether oxygens (including phenoxy) is 1. The van der Waals surface area contributed by atoms with Gasteiger partial charge in [-0.15, -0.1) is 0 Å². The SMILES string of the molecule is C=C(C)C(=O)OCCC(C(C)S)C(F)(F)F. The van der Waals surface area contributed by atoms with Crippen molar-refractivity contribution in [1.29, 1.82) is 0 Å². The largest absolute Gasteiger partial charge is 0.462 e. The van der Waals surface area contributed by atoms with Gasteiger partial charge in [-0.2, -0.15) is 25.8 Å². The second-order valence-corrected chi connectivity index (χ2v) is 4.41. The van der Waals surface area contributed by atoms with Crippen LogP contribution in [-0.4, -0.2) is 24.0 Å². The molecule has 0 amide bonds. The smallest absolute Gasteiger partial charge is 0.392 e. The molecule has 0 aliphatic carbocycles. The van der Waals surface area contributed by atoms with Crippen molar-refractivity contribution in [1.82, 2.24) is 0 Å². The second kappa shape index (κ2) is 6.18. The molecule has 2 atom stereocenters. The van der Waals surface area contributed by atoms with Crippen LogP contribution in [0.15, 0.2) is 12.2 Å². The Hall–Kier alpha value is -0.650. The van der Waals surface area contributed by atoms with E-state index in [1.54, 1.807) is 0 Å². The molecule has 0 aromatic carbocycles. The van der Waals surface area contributed by atoms with Gasteiger partial charge < -0.3 is 4.74 Å². The summed E-state index contributed by atoms with van der Waals surface area (Å²) in [5.74, 6) is -2.25. The first kappa shape index (κ1) is 15.3. The van der Waals surface area contributed by atoms with E-state index in [0.717, 1.165) is 0 Å². The molecule has 94 valence electrons. The van der Waals surface area contributed by atoms with Gasteiger partial charge in [-0.25, -0.2) is 4.79 Å². The summed E-state index contributed by atoms with van der Waals surface area (Å²) >= 11 is 3.77. The normalized spacial score (nSPS) is 15.4. The van der Waals surface area contributed by atoms with Gasteiger partial charge >= 0.3 is 12.1 Å². The van der Waals surface area contributed by atoms with E-state index in [-0.39, 0.29) is 18.6 Å². The van der Waals surface area contributed by atoms with Crippen LogP contribution in [0.4, 0.5) is 13.2 Å². The van der Waals surface area contributed by atoms with Crippen LogP contribution in [-0.2, 0) is 9.53 Å². The zero-order valence-electron chi connectivity index (χ0n) is 9.17. The number of carbonyl (C=O) groups excluding carboxylic acids is 1. The number of thiol groups is 1. The molecular weight excluding hydrogens is 241 g/mol. The van der Waals surface area contributed by atoms with Gasteiger partial charge in [-0.1, -0.05) is 13.5 Å². The highest BCUT2D eigenvalue weighted by molar-refractivity contribution is 7.80. The molecule has 0 aliphatic heterocycles. The Morgan fingerprint density at radius 3 is 2.31 bits per heavy atom. The Morgan fingerprint density at radius 2 is 2.00 bits per heavy atom. The molecule has 2 unspecified atom stereocenters. The van der Waals surface area contributed by atoms with E-state index in [4.69, 9.17) is 0 Å². The zero-order valence-corrected chi connectivity index (χ0v) is 10.1. The third-order valence-corrected chi connectivity index (χ3v) is 2.37. The van der Waals surface area contributed by atoms with E-state index in [9.17, 15) is 18.0 Å². The summed E-state index contributed by atoms with van der Waals surface area (Å²) < 4.78 is 41.9. The Labute approximate surface area is 98.3 Å². The van der Waals surface area contributed by atoms with E-state index < -0.39 is 23.3 Å². The lowest BCUT2D eigenvalue weighted by Gasteiger charge is -2.22. The van der Waals surface area contributed by atoms with Gasteiger partial charge in [0.2, 0.25) is 0 Å². The van der Waals surface area contributed by atoms with Gasteiger partial charge in [-0.05, 0) is 13.3 Å². The highest BCUT2D eigenvalue weighted by Crippen LogP contribution is 2.33. The lowest BCUT2D eigenvalue weighted by atomic mass is 10.0. The van der Waals surface area contributed by atoms with Crippen molar-refractivity contribution in [2.24, 2.45) is 5.92 Å². The van der Waals surface area contributed by atoms with Crippen molar-refractivity contribution in [2.75, 3.05) is 6.61 Å². The predicted molar refractivity (Wildman–Crippen MR) is 58.4 cm³/mol. The lowest BCUT2D eigenvalue weighted by Crippen LogP contribution is -2.31. The fraction of sp³-hybridized carbons (Fsp3) is 0.700. The topological polar surface area (TPSA) is 26.3 Å². The minimum absolute atomic E-state index is 0.169. The van der Waals surface area contributed by atoms with Gasteiger partial charge in [0.1, 0.15) is 0 Å². The van der Waals surface area contributed by atoms with E-state index >= 15 is 0 Å². The van der Waals surface area contributed by atoms with E-state index in [1.165, 1.54) is 13.8 Å². The number of hydrogen-bond donors (Lipinski definition) is 1. The molecule has 6 heteroatoms. The quantitative estimate of drug-likeness (QED) is 0.465. The Bertz CT molecular complexity index is 261. The minimum atomic E-state index is -4.32. The van der Waals surface area contributed by atoms with Crippen LogP contribution in [0.5, 0.6) is 0 Å². The number of alkyl halides is 3. The molecule has 0 bridgehead atoms. The number of halogens is 3. The highest BCUT2D eigenvalue weighted by atomic mass is 32.1. The standard InChI is InChI=1S/C10H15F3O2S/c1-6(2)9(14)15-5-4-8(7(3)16)10(11,12)13/h7-8,16H,1,4-5H2,2-3H3. The first-order valence-electron chi connectivity index (χ1n) is 4.73. The fourth-order valence-electron chi connectivity index (χ4n) is 1.08. The predicted octanol–water partition coefficient (Wildman–Crippen LogP) is 2.99. The van der Waals surface area contributed by atoms with Crippen molar-refractivity contribution in [3.8, 4) is 0 Å². The zero-order chi connectivity index (χ0) is 12.9. The summed E-state index contributed by atoms with van der Waals surface area (Å²) in [4.78, 5) is 10.9. The average molecular weight is 256 g/mol. The number of esters is 1. The summed E-state index contributed by atoms with van der Waals surface area (Å²) in [6.07, 6.45) is -4.61. The first-order valence-corrected chi connectivity index (χ1v) is 5.25. The molecule has 0 aromatic rings. The number of carbonyl (C=O) groups is 1. The molecule has 0 radical (unpaired) electrons. The minimum Gasteiger partial charge on any atom is -0.462 e. The molecule has 0 aromatic heterocycles. The Balaban J connectivity index is 4.15. The molecule has 0 N–H and O–H groups in total. The molecule has 0 fully saturated rings. The van der Waals surface area contributed by atoms with Crippen molar-refractivity contribution in [3.05, 3.63) is 12.2 Å². The highest BCUT2D eigenvalue weighted by Gasteiger charge is 2.41. The van der Waals surface area contributed by atoms with Crippen molar-refractivity contribution in [2.45, 2.75) is 31.7 Å².